The predicted molar refractivity (Wildman–Crippen MR) is 53.5 cm³/mol. The fourth-order valence-corrected chi connectivity index (χ4v) is 1.62. The molecule has 0 spiro atoms. The second-order valence-corrected chi connectivity index (χ2v) is 3.12. The van der Waals surface area contributed by atoms with Crippen LogP contribution < -0.4 is 11.5 Å². The Hall–Kier alpha value is 0.500. The third kappa shape index (κ3) is 3.16. The van der Waals surface area contributed by atoms with Crippen molar-refractivity contribution in [3.63, 3.8) is 0 Å². The van der Waals surface area contributed by atoms with Crippen molar-refractivity contribution < 1.29 is 0 Å². The molecule has 0 saturated heterocycles. The summed E-state index contributed by atoms with van der Waals surface area (Å²) in [6.45, 7) is 1.56. The molecule has 4 N–H and O–H groups in total. The van der Waals surface area contributed by atoms with Crippen LogP contribution in [0.2, 0.25) is 0 Å². The topological polar surface area (TPSA) is 52.0 Å². The number of rotatable bonds is 2. The summed E-state index contributed by atoms with van der Waals surface area (Å²) in [6.07, 6.45) is 5.16. The largest absolute Gasteiger partial charge is 0.330 e. The van der Waals surface area contributed by atoms with Crippen molar-refractivity contribution in [1.29, 1.82) is 0 Å². The minimum atomic E-state index is 0. The van der Waals surface area contributed by atoms with Gasteiger partial charge in [0.25, 0.3) is 0 Å². The van der Waals surface area contributed by atoms with Crippen molar-refractivity contribution in [3.05, 3.63) is 0 Å². The van der Waals surface area contributed by atoms with Gasteiger partial charge in [0.05, 0.1) is 0 Å². The average Bonchev–Trinajstić information content (AvgIpc) is 2.36. The maximum absolute atomic E-state index is 5.60. The lowest BCUT2D eigenvalue weighted by Gasteiger charge is -2.24. The maximum atomic E-state index is 5.60. The molecule has 0 aliphatic heterocycles. The van der Waals surface area contributed by atoms with Gasteiger partial charge in [-0.05, 0) is 31.3 Å². The lowest BCUT2D eigenvalue weighted by Crippen LogP contribution is -2.35. The van der Waals surface area contributed by atoms with E-state index < -0.39 is 0 Å². The fourth-order valence-electron chi connectivity index (χ4n) is 1.62. The Morgan fingerprint density at radius 2 is 1.27 bits per heavy atom. The van der Waals surface area contributed by atoms with Crippen LogP contribution in [0.4, 0.5) is 0 Å². The van der Waals surface area contributed by atoms with Gasteiger partial charge in [0.2, 0.25) is 0 Å². The van der Waals surface area contributed by atoms with Crippen LogP contribution in [0, 0.1) is 5.41 Å². The Balaban J connectivity index is 0. The van der Waals surface area contributed by atoms with Gasteiger partial charge in [-0.25, -0.2) is 0 Å². The van der Waals surface area contributed by atoms with Crippen molar-refractivity contribution in [3.8, 4) is 0 Å². The number of nitrogens with two attached hydrogens (primary N) is 2. The van der Waals surface area contributed by atoms with E-state index in [9.17, 15) is 0 Å². The zero-order valence-electron chi connectivity index (χ0n) is 6.71. The lowest BCUT2D eigenvalue weighted by molar-refractivity contribution is 0.321. The molecule has 11 heavy (non-hydrogen) atoms. The zero-order chi connectivity index (χ0) is 6.74. The molecule has 1 aliphatic carbocycles. The van der Waals surface area contributed by atoms with E-state index in [-0.39, 0.29) is 24.8 Å². The first-order valence-electron chi connectivity index (χ1n) is 3.73. The van der Waals surface area contributed by atoms with Gasteiger partial charge in [-0.3, -0.25) is 0 Å². The molecular formula is C7H18Cl2N2. The van der Waals surface area contributed by atoms with Crippen LogP contribution in [0.15, 0.2) is 0 Å². The van der Waals surface area contributed by atoms with Crippen molar-refractivity contribution in [2.45, 2.75) is 25.7 Å². The summed E-state index contributed by atoms with van der Waals surface area (Å²) in [5.41, 5.74) is 11.5. The standard InChI is InChI=1S/C7H16N2.2ClH/c8-5-7(6-9)3-1-2-4-7;;/h1-6,8-9H2;2*1H. The molecule has 0 bridgehead atoms. The molecule has 1 fully saturated rings. The highest BCUT2D eigenvalue weighted by Crippen LogP contribution is 2.35. The molecule has 0 aromatic carbocycles. The highest BCUT2D eigenvalue weighted by atomic mass is 35.5. The van der Waals surface area contributed by atoms with Crippen LogP contribution >= 0.6 is 24.8 Å². The van der Waals surface area contributed by atoms with Gasteiger partial charge in [-0.2, -0.15) is 0 Å². The molecule has 70 valence electrons. The van der Waals surface area contributed by atoms with E-state index in [0.29, 0.717) is 5.41 Å². The van der Waals surface area contributed by atoms with Crippen LogP contribution in [0.5, 0.6) is 0 Å². The van der Waals surface area contributed by atoms with E-state index >= 15 is 0 Å². The van der Waals surface area contributed by atoms with Crippen molar-refractivity contribution in [2.75, 3.05) is 13.1 Å². The Bertz CT molecular complexity index is 86.4. The molecule has 0 unspecified atom stereocenters. The molecular weight excluding hydrogens is 183 g/mol. The quantitative estimate of drug-likeness (QED) is 0.707. The summed E-state index contributed by atoms with van der Waals surface area (Å²) in [6, 6.07) is 0. The molecule has 1 saturated carbocycles. The molecule has 0 atom stereocenters. The van der Waals surface area contributed by atoms with E-state index in [4.69, 9.17) is 11.5 Å². The highest BCUT2D eigenvalue weighted by Gasteiger charge is 2.30. The normalized spacial score (nSPS) is 20.2. The van der Waals surface area contributed by atoms with Gasteiger partial charge < -0.3 is 11.5 Å². The van der Waals surface area contributed by atoms with Gasteiger partial charge in [0.1, 0.15) is 0 Å². The molecule has 2 nitrogen and oxygen atoms in total. The summed E-state index contributed by atoms with van der Waals surface area (Å²) in [5, 5.41) is 0. The Kier molecular flexibility index (Phi) is 7.75. The second-order valence-electron chi connectivity index (χ2n) is 3.12. The Morgan fingerprint density at radius 1 is 0.909 bits per heavy atom. The summed E-state index contributed by atoms with van der Waals surface area (Å²) in [5.74, 6) is 0. The van der Waals surface area contributed by atoms with Crippen LogP contribution in [0.3, 0.4) is 0 Å². The molecule has 0 amide bonds. The number of halogens is 2. The number of hydrogen-bond donors (Lipinski definition) is 2. The lowest BCUT2D eigenvalue weighted by atomic mass is 9.87. The average molecular weight is 201 g/mol. The highest BCUT2D eigenvalue weighted by molar-refractivity contribution is 5.85. The Labute approximate surface area is 80.9 Å². The summed E-state index contributed by atoms with van der Waals surface area (Å²) in [4.78, 5) is 0. The van der Waals surface area contributed by atoms with Crippen LogP contribution in [0.25, 0.3) is 0 Å². The van der Waals surface area contributed by atoms with Crippen molar-refractivity contribution >= 4 is 24.8 Å². The van der Waals surface area contributed by atoms with Gasteiger partial charge >= 0.3 is 0 Å². The van der Waals surface area contributed by atoms with Gasteiger partial charge in [-0.1, -0.05) is 12.8 Å². The zero-order valence-corrected chi connectivity index (χ0v) is 8.35. The molecule has 0 aromatic rings. The van der Waals surface area contributed by atoms with E-state index in [1.165, 1.54) is 25.7 Å². The van der Waals surface area contributed by atoms with E-state index in [0.717, 1.165) is 13.1 Å². The number of hydrogen-bond acceptors (Lipinski definition) is 2. The predicted octanol–water partition coefficient (Wildman–Crippen LogP) is 1.31. The first kappa shape index (κ1) is 14.0. The first-order chi connectivity index (χ1) is 4.33. The molecule has 1 aliphatic rings. The molecule has 4 heteroatoms. The molecule has 0 heterocycles. The summed E-state index contributed by atoms with van der Waals surface area (Å²) >= 11 is 0. The summed E-state index contributed by atoms with van der Waals surface area (Å²) < 4.78 is 0. The van der Waals surface area contributed by atoms with Crippen molar-refractivity contribution in [1.82, 2.24) is 0 Å². The van der Waals surface area contributed by atoms with Gasteiger partial charge in [0, 0.05) is 0 Å². The monoisotopic (exact) mass is 200 g/mol. The minimum Gasteiger partial charge on any atom is -0.330 e. The molecule has 0 radical (unpaired) electrons. The van der Waals surface area contributed by atoms with Crippen molar-refractivity contribution in [2.24, 2.45) is 16.9 Å². The Morgan fingerprint density at radius 3 is 1.45 bits per heavy atom. The summed E-state index contributed by atoms with van der Waals surface area (Å²) in [7, 11) is 0. The van der Waals surface area contributed by atoms with Crippen LogP contribution in [0.1, 0.15) is 25.7 Å². The first-order valence-corrected chi connectivity index (χ1v) is 3.73. The van der Waals surface area contributed by atoms with Gasteiger partial charge in [0.15, 0.2) is 0 Å². The minimum absolute atomic E-state index is 0. The van der Waals surface area contributed by atoms with Gasteiger partial charge in [-0.15, -0.1) is 24.8 Å². The van der Waals surface area contributed by atoms with Crippen LogP contribution in [-0.2, 0) is 0 Å². The third-order valence-electron chi connectivity index (χ3n) is 2.53. The maximum Gasteiger partial charge on any atom is -0.000844 e. The molecule has 0 aromatic heterocycles. The SMILES string of the molecule is Cl.Cl.NCC1(CN)CCCC1. The van der Waals surface area contributed by atoms with E-state index in [1.54, 1.807) is 0 Å². The molecule has 1 rings (SSSR count). The fraction of sp³-hybridized carbons (Fsp3) is 1.00. The second kappa shape index (κ2) is 6.06. The van der Waals surface area contributed by atoms with Crippen LogP contribution in [-0.4, -0.2) is 13.1 Å². The third-order valence-corrected chi connectivity index (χ3v) is 2.53. The smallest absolute Gasteiger partial charge is 0.000844 e. The van der Waals surface area contributed by atoms with E-state index in [1.807, 2.05) is 0 Å². The van der Waals surface area contributed by atoms with E-state index in [2.05, 4.69) is 0 Å².